The Bertz CT molecular complexity index is 770. The summed E-state index contributed by atoms with van der Waals surface area (Å²) in [7, 11) is -2.96. The quantitative estimate of drug-likeness (QED) is 0.879. The zero-order valence-electron chi connectivity index (χ0n) is 12.6. The van der Waals surface area contributed by atoms with Gasteiger partial charge in [-0.15, -0.1) is 0 Å². The lowest BCUT2D eigenvalue weighted by molar-refractivity contribution is 0.510. The van der Waals surface area contributed by atoms with Crippen molar-refractivity contribution in [3.05, 3.63) is 35.0 Å². The zero-order chi connectivity index (χ0) is 15.7. The van der Waals surface area contributed by atoms with Crippen LogP contribution >= 0.6 is 11.6 Å². The van der Waals surface area contributed by atoms with Gasteiger partial charge in [0.25, 0.3) is 0 Å². The molecule has 2 aromatic rings. The maximum atomic E-state index is 11.8. The van der Waals surface area contributed by atoms with Crippen LogP contribution in [0.5, 0.6) is 0 Å². The molecule has 3 rings (SSSR count). The summed E-state index contributed by atoms with van der Waals surface area (Å²) in [5.41, 5.74) is 2.27. The molecule has 0 amide bonds. The first kappa shape index (κ1) is 15.8. The minimum Gasteiger partial charge on any atom is -0.361 e. The van der Waals surface area contributed by atoms with Crippen molar-refractivity contribution in [3.8, 4) is 0 Å². The van der Waals surface area contributed by atoms with Gasteiger partial charge in [-0.25, -0.2) is 8.42 Å². The van der Waals surface area contributed by atoms with Crippen LogP contribution < -0.4 is 5.32 Å². The zero-order valence-corrected chi connectivity index (χ0v) is 14.2. The fraction of sp³-hybridized carbons (Fsp3) is 0.500. The van der Waals surface area contributed by atoms with Gasteiger partial charge in [0.2, 0.25) is 0 Å². The molecule has 1 aromatic heterocycles. The number of nitrogens with one attached hydrogen (secondary N) is 2. The smallest absolute Gasteiger partial charge is 0.151 e. The molecule has 0 saturated heterocycles. The molecule has 2 atom stereocenters. The van der Waals surface area contributed by atoms with Crippen molar-refractivity contribution in [2.45, 2.75) is 37.0 Å². The molecule has 1 heterocycles. The number of fused-ring (bicyclic) bond motifs is 1. The minimum absolute atomic E-state index is 0.0923. The largest absolute Gasteiger partial charge is 0.361 e. The molecule has 6 heteroatoms. The number of aromatic amines is 1. The molecule has 1 aliphatic rings. The number of hydrogen-bond acceptors (Lipinski definition) is 3. The first-order valence-electron chi connectivity index (χ1n) is 7.63. The molecule has 4 nitrogen and oxygen atoms in total. The summed E-state index contributed by atoms with van der Waals surface area (Å²) in [6.07, 6.45) is 6.94. The number of aromatic nitrogens is 1. The van der Waals surface area contributed by atoms with Crippen molar-refractivity contribution in [1.29, 1.82) is 0 Å². The highest BCUT2D eigenvalue weighted by atomic mass is 35.5. The van der Waals surface area contributed by atoms with Crippen LogP contribution in [0.1, 0.15) is 24.8 Å². The summed E-state index contributed by atoms with van der Waals surface area (Å²) in [6.45, 7) is 0.784. The molecule has 22 heavy (non-hydrogen) atoms. The van der Waals surface area contributed by atoms with Crippen LogP contribution in [-0.4, -0.2) is 37.5 Å². The number of rotatable bonds is 5. The Labute approximate surface area is 136 Å². The number of H-pyrrole nitrogens is 1. The normalized spacial score (nSPS) is 22.5. The molecule has 2 N–H and O–H groups in total. The Kier molecular flexibility index (Phi) is 4.48. The summed E-state index contributed by atoms with van der Waals surface area (Å²) in [5, 5.41) is 5.11. The van der Waals surface area contributed by atoms with E-state index >= 15 is 0 Å². The summed E-state index contributed by atoms with van der Waals surface area (Å²) in [5.74, 6) is 0. The average Bonchev–Trinajstić information content (AvgIpc) is 3.05. The molecular formula is C16H21ClN2O2S. The average molecular weight is 341 g/mol. The Balaban J connectivity index is 1.63. The van der Waals surface area contributed by atoms with Gasteiger partial charge < -0.3 is 10.3 Å². The second-order valence-electron chi connectivity index (χ2n) is 6.11. The van der Waals surface area contributed by atoms with Crippen LogP contribution in [0.3, 0.4) is 0 Å². The summed E-state index contributed by atoms with van der Waals surface area (Å²) >= 11 is 5.99. The van der Waals surface area contributed by atoms with Gasteiger partial charge in [-0.2, -0.15) is 0 Å². The highest BCUT2D eigenvalue weighted by Crippen LogP contribution is 2.25. The third-order valence-corrected chi connectivity index (χ3v) is 6.43. The van der Waals surface area contributed by atoms with E-state index in [-0.39, 0.29) is 11.3 Å². The second kappa shape index (κ2) is 6.22. The standard InChI is InChI=1S/C16H21ClN2O2S/c1-22(20,21)16-4-2-3-14(16)18-8-7-11-10-19-15-9-12(17)5-6-13(11)15/h5-6,9-10,14,16,18-19H,2-4,7-8H2,1H3. The van der Waals surface area contributed by atoms with Gasteiger partial charge in [0.05, 0.1) is 5.25 Å². The Hall–Kier alpha value is -1.04. The summed E-state index contributed by atoms with van der Waals surface area (Å²) in [4.78, 5) is 3.23. The van der Waals surface area contributed by atoms with Crippen LogP contribution in [0.2, 0.25) is 5.02 Å². The molecule has 1 saturated carbocycles. The number of benzene rings is 1. The highest BCUT2D eigenvalue weighted by molar-refractivity contribution is 7.91. The minimum atomic E-state index is -2.96. The van der Waals surface area contributed by atoms with Gasteiger partial charge in [0.15, 0.2) is 9.84 Å². The number of hydrogen-bond donors (Lipinski definition) is 2. The Morgan fingerprint density at radius 3 is 2.95 bits per heavy atom. The second-order valence-corrected chi connectivity index (χ2v) is 8.81. The lowest BCUT2D eigenvalue weighted by Gasteiger charge is -2.19. The van der Waals surface area contributed by atoms with Crippen molar-refractivity contribution in [2.24, 2.45) is 0 Å². The topological polar surface area (TPSA) is 62.0 Å². The van der Waals surface area contributed by atoms with E-state index in [1.54, 1.807) is 0 Å². The first-order valence-corrected chi connectivity index (χ1v) is 9.96. The molecule has 1 fully saturated rings. The van der Waals surface area contributed by atoms with Crippen molar-refractivity contribution in [3.63, 3.8) is 0 Å². The molecule has 2 unspecified atom stereocenters. The van der Waals surface area contributed by atoms with Crippen LogP contribution in [0.4, 0.5) is 0 Å². The molecule has 0 spiro atoms. The summed E-state index contributed by atoms with van der Waals surface area (Å²) < 4.78 is 23.6. The van der Waals surface area contributed by atoms with Gasteiger partial charge in [-0.3, -0.25) is 0 Å². The third-order valence-electron chi connectivity index (χ3n) is 4.53. The molecular weight excluding hydrogens is 320 g/mol. The highest BCUT2D eigenvalue weighted by Gasteiger charge is 2.34. The molecule has 120 valence electrons. The fourth-order valence-corrected chi connectivity index (χ4v) is 5.03. The lowest BCUT2D eigenvalue weighted by atomic mass is 10.1. The first-order chi connectivity index (χ1) is 10.4. The van der Waals surface area contributed by atoms with E-state index in [1.165, 1.54) is 17.2 Å². The molecule has 1 aromatic carbocycles. The van der Waals surface area contributed by atoms with Crippen molar-refractivity contribution in [1.82, 2.24) is 10.3 Å². The van der Waals surface area contributed by atoms with Crippen LogP contribution in [0.25, 0.3) is 10.9 Å². The van der Waals surface area contributed by atoms with Crippen molar-refractivity contribution >= 4 is 32.3 Å². The van der Waals surface area contributed by atoms with Gasteiger partial charge in [0, 0.05) is 34.4 Å². The Morgan fingerprint density at radius 1 is 1.36 bits per heavy atom. The van der Waals surface area contributed by atoms with Gasteiger partial charge in [-0.1, -0.05) is 24.1 Å². The van der Waals surface area contributed by atoms with Gasteiger partial charge in [-0.05, 0) is 43.5 Å². The van der Waals surface area contributed by atoms with E-state index in [0.29, 0.717) is 0 Å². The van der Waals surface area contributed by atoms with Gasteiger partial charge >= 0.3 is 0 Å². The molecule has 0 bridgehead atoms. The SMILES string of the molecule is CS(=O)(=O)C1CCCC1NCCc1c[nH]c2cc(Cl)ccc12. The van der Waals surface area contributed by atoms with E-state index in [9.17, 15) is 8.42 Å². The van der Waals surface area contributed by atoms with Gasteiger partial charge in [0.1, 0.15) is 0 Å². The lowest BCUT2D eigenvalue weighted by Crippen LogP contribution is -2.40. The van der Waals surface area contributed by atoms with Crippen LogP contribution in [-0.2, 0) is 16.3 Å². The predicted molar refractivity (Wildman–Crippen MR) is 91.3 cm³/mol. The third kappa shape index (κ3) is 3.31. The molecule has 1 aliphatic carbocycles. The van der Waals surface area contributed by atoms with E-state index in [4.69, 9.17) is 11.6 Å². The monoisotopic (exact) mass is 340 g/mol. The van der Waals surface area contributed by atoms with Crippen molar-refractivity contribution in [2.75, 3.05) is 12.8 Å². The Morgan fingerprint density at radius 2 is 2.18 bits per heavy atom. The maximum absolute atomic E-state index is 11.8. The van der Waals surface area contributed by atoms with E-state index in [0.717, 1.165) is 42.8 Å². The van der Waals surface area contributed by atoms with E-state index < -0.39 is 9.84 Å². The van der Waals surface area contributed by atoms with Crippen LogP contribution in [0, 0.1) is 0 Å². The van der Waals surface area contributed by atoms with E-state index in [1.807, 2.05) is 24.4 Å². The number of sulfone groups is 1. The summed E-state index contributed by atoms with van der Waals surface area (Å²) in [6, 6.07) is 5.93. The fourth-order valence-electron chi connectivity index (χ4n) is 3.43. The maximum Gasteiger partial charge on any atom is 0.151 e. The molecule has 0 aliphatic heterocycles. The molecule has 0 radical (unpaired) electrons. The predicted octanol–water partition coefficient (Wildman–Crippen LogP) is 2.92. The van der Waals surface area contributed by atoms with Crippen molar-refractivity contribution < 1.29 is 8.42 Å². The number of halogens is 1. The van der Waals surface area contributed by atoms with Crippen LogP contribution in [0.15, 0.2) is 24.4 Å². The van der Waals surface area contributed by atoms with E-state index in [2.05, 4.69) is 10.3 Å².